The fraction of sp³-hybridized carbons (Fsp3) is 0.471. The monoisotopic (exact) mass is 656 g/mol. The van der Waals surface area contributed by atoms with E-state index in [4.69, 9.17) is 33.2 Å². The first-order chi connectivity index (χ1) is 23.0. The summed E-state index contributed by atoms with van der Waals surface area (Å²) in [5.74, 6) is 0. The van der Waals surface area contributed by atoms with Gasteiger partial charge in [0.05, 0.1) is 92.5 Å². The van der Waals surface area contributed by atoms with Crippen molar-refractivity contribution in [2.45, 2.75) is 12.2 Å². The van der Waals surface area contributed by atoms with Gasteiger partial charge in [-0.15, -0.1) is 0 Å². The van der Waals surface area contributed by atoms with Crippen molar-refractivity contribution in [3.05, 3.63) is 94.6 Å². The molecule has 2 N–H and O–H groups in total. The predicted molar refractivity (Wildman–Crippen MR) is 171 cm³/mol. The fourth-order valence-electron chi connectivity index (χ4n) is 4.61. The van der Waals surface area contributed by atoms with Gasteiger partial charge in [-0.3, -0.25) is 0 Å². The SMILES string of the molecule is [O-][n+]1cccc2ccc(C(O)COCCOCCOCCOCCOCCOCCOCC(O)c3ccc4ccc[n+]([O-])c4c3)cc21. The largest absolute Gasteiger partial charge is 0.618 e. The molecule has 4 rings (SSSR count). The van der Waals surface area contributed by atoms with E-state index in [1.54, 1.807) is 48.5 Å². The van der Waals surface area contributed by atoms with E-state index < -0.39 is 12.2 Å². The number of hydrogen-bond donors (Lipinski definition) is 2. The van der Waals surface area contributed by atoms with Gasteiger partial charge in [-0.2, -0.15) is 9.46 Å². The Morgan fingerprint density at radius 2 is 0.787 bits per heavy atom. The summed E-state index contributed by atoms with van der Waals surface area (Å²) >= 11 is 0. The van der Waals surface area contributed by atoms with E-state index in [9.17, 15) is 20.6 Å². The molecule has 13 heteroatoms. The molecule has 2 aromatic carbocycles. The van der Waals surface area contributed by atoms with E-state index in [0.29, 0.717) is 101 Å². The van der Waals surface area contributed by atoms with Crippen molar-refractivity contribution in [3.63, 3.8) is 0 Å². The molecule has 0 spiro atoms. The lowest BCUT2D eigenvalue weighted by Gasteiger charge is -2.12. The summed E-state index contributed by atoms with van der Waals surface area (Å²) < 4.78 is 39.9. The Bertz CT molecular complexity index is 1370. The Morgan fingerprint density at radius 1 is 0.468 bits per heavy atom. The second kappa shape index (κ2) is 20.7. The molecular formula is C34H44N2O11. The topological polar surface area (TPSA) is 159 Å². The Labute approximate surface area is 273 Å². The van der Waals surface area contributed by atoms with Crippen LogP contribution in [0.4, 0.5) is 0 Å². The van der Waals surface area contributed by atoms with Gasteiger partial charge < -0.3 is 53.8 Å². The molecule has 2 atom stereocenters. The van der Waals surface area contributed by atoms with Crippen LogP contribution in [0.25, 0.3) is 21.8 Å². The van der Waals surface area contributed by atoms with Crippen LogP contribution in [0.1, 0.15) is 23.3 Å². The molecule has 0 aliphatic rings. The quantitative estimate of drug-likeness (QED) is 0.0647. The minimum Gasteiger partial charge on any atom is -0.618 e. The molecule has 256 valence electrons. The third-order valence-corrected chi connectivity index (χ3v) is 7.13. The minimum absolute atomic E-state index is 0.103. The first-order valence-corrected chi connectivity index (χ1v) is 15.7. The number of aromatic nitrogens is 2. The van der Waals surface area contributed by atoms with Crippen molar-refractivity contribution in [2.75, 3.05) is 92.5 Å². The lowest BCUT2D eigenvalue weighted by atomic mass is 10.1. The number of aliphatic hydroxyl groups excluding tert-OH is 2. The number of ether oxygens (including phenoxy) is 7. The van der Waals surface area contributed by atoms with Gasteiger partial charge in [0.2, 0.25) is 11.0 Å². The van der Waals surface area contributed by atoms with Gasteiger partial charge in [-0.25, -0.2) is 0 Å². The number of aliphatic hydroxyl groups is 2. The van der Waals surface area contributed by atoms with Crippen LogP contribution in [0.5, 0.6) is 0 Å². The summed E-state index contributed by atoms with van der Waals surface area (Å²) in [4.78, 5) is 0. The van der Waals surface area contributed by atoms with Gasteiger partial charge in [-0.05, 0) is 35.4 Å². The highest BCUT2D eigenvalue weighted by molar-refractivity contribution is 5.77. The van der Waals surface area contributed by atoms with Gasteiger partial charge in [0.25, 0.3) is 0 Å². The molecule has 0 saturated carbocycles. The zero-order valence-electron chi connectivity index (χ0n) is 26.4. The Kier molecular flexibility index (Phi) is 16.0. The molecule has 47 heavy (non-hydrogen) atoms. The summed E-state index contributed by atoms with van der Waals surface area (Å²) in [6.45, 7) is 5.09. The van der Waals surface area contributed by atoms with E-state index in [0.717, 1.165) is 20.2 Å². The molecule has 0 aliphatic heterocycles. The molecule has 13 nitrogen and oxygen atoms in total. The summed E-state index contributed by atoms with van der Waals surface area (Å²) in [5.41, 5.74) is 2.25. The van der Waals surface area contributed by atoms with Gasteiger partial charge >= 0.3 is 0 Å². The van der Waals surface area contributed by atoms with Crippen LogP contribution in [0.15, 0.2) is 73.1 Å². The van der Waals surface area contributed by atoms with Crippen LogP contribution in [0.3, 0.4) is 0 Å². The average Bonchev–Trinajstić information content (AvgIpc) is 3.08. The molecule has 4 aromatic rings. The lowest BCUT2D eigenvalue weighted by molar-refractivity contribution is -0.577. The Morgan fingerprint density at radius 3 is 1.13 bits per heavy atom. The van der Waals surface area contributed by atoms with E-state index in [2.05, 4.69) is 0 Å². The summed E-state index contributed by atoms with van der Waals surface area (Å²) in [5, 5.41) is 46.1. The van der Waals surface area contributed by atoms with Crippen LogP contribution in [-0.4, -0.2) is 103 Å². The van der Waals surface area contributed by atoms with Crippen molar-refractivity contribution in [1.29, 1.82) is 0 Å². The van der Waals surface area contributed by atoms with Crippen molar-refractivity contribution in [1.82, 2.24) is 0 Å². The van der Waals surface area contributed by atoms with Crippen molar-refractivity contribution >= 4 is 21.8 Å². The third-order valence-electron chi connectivity index (χ3n) is 7.13. The molecular weight excluding hydrogens is 612 g/mol. The molecule has 2 heterocycles. The van der Waals surface area contributed by atoms with E-state index in [1.807, 2.05) is 12.1 Å². The number of nitrogens with zero attached hydrogens (tertiary/aromatic N) is 2. The van der Waals surface area contributed by atoms with Crippen molar-refractivity contribution in [3.8, 4) is 0 Å². The van der Waals surface area contributed by atoms with E-state index in [1.165, 1.54) is 12.4 Å². The van der Waals surface area contributed by atoms with Crippen LogP contribution in [0, 0.1) is 10.4 Å². The standard InChI is InChI=1S/C34H44N2O11/c37-33(29-7-5-27-3-1-9-35(39)31(27)23-29)25-46-21-19-44-17-15-42-13-11-41-12-14-43-16-18-45-20-22-47-26-34(38)30-8-6-28-4-2-10-36(40)32(28)24-30/h1-10,23-24,33-34,37-38H,11-22,25-26H2. The highest BCUT2D eigenvalue weighted by atomic mass is 16.6. The predicted octanol–water partition coefficient (Wildman–Crippen LogP) is 2.14. The average molecular weight is 657 g/mol. The van der Waals surface area contributed by atoms with Crippen LogP contribution >= 0.6 is 0 Å². The van der Waals surface area contributed by atoms with Gasteiger partial charge in [0, 0.05) is 35.0 Å². The molecule has 0 amide bonds. The maximum atomic E-state index is 11.9. The third kappa shape index (κ3) is 12.6. The summed E-state index contributed by atoms with van der Waals surface area (Å²) in [6, 6.07) is 17.6. The number of rotatable bonds is 24. The van der Waals surface area contributed by atoms with Crippen LogP contribution in [-0.2, 0) is 33.2 Å². The number of benzene rings is 2. The van der Waals surface area contributed by atoms with E-state index in [-0.39, 0.29) is 13.2 Å². The van der Waals surface area contributed by atoms with Gasteiger partial charge in [0.1, 0.15) is 12.2 Å². The van der Waals surface area contributed by atoms with Crippen LogP contribution in [0.2, 0.25) is 0 Å². The highest BCUT2D eigenvalue weighted by Crippen LogP contribution is 2.19. The minimum atomic E-state index is -0.835. The molecule has 0 saturated heterocycles. The normalized spacial score (nSPS) is 13.0. The Hall–Kier alpha value is -3.50. The highest BCUT2D eigenvalue weighted by Gasteiger charge is 2.13. The number of fused-ring (bicyclic) bond motifs is 2. The zero-order chi connectivity index (χ0) is 33.1. The van der Waals surface area contributed by atoms with Gasteiger partial charge in [0.15, 0.2) is 12.4 Å². The Balaban J connectivity index is 0.871. The molecule has 0 bridgehead atoms. The number of pyridine rings is 2. The molecule has 0 fully saturated rings. The second-order valence-electron chi connectivity index (χ2n) is 10.5. The summed E-state index contributed by atoms with van der Waals surface area (Å²) in [6.07, 6.45) is 1.18. The van der Waals surface area contributed by atoms with Gasteiger partial charge in [-0.1, -0.05) is 12.1 Å². The first-order valence-electron chi connectivity index (χ1n) is 15.7. The lowest BCUT2D eigenvalue weighted by Crippen LogP contribution is -2.26. The smallest absolute Gasteiger partial charge is 0.224 e. The van der Waals surface area contributed by atoms with Crippen molar-refractivity contribution in [2.24, 2.45) is 0 Å². The molecule has 0 radical (unpaired) electrons. The molecule has 2 aromatic heterocycles. The van der Waals surface area contributed by atoms with E-state index >= 15 is 0 Å². The van der Waals surface area contributed by atoms with Crippen LogP contribution < -0.4 is 9.46 Å². The molecule has 2 unspecified atom stereocenters. The van der Waals surface area contributed by atoms with Crippen molar-refractivity contribution < 1.29 is 52.8 Å². The molecule has 0 aliphatic carbocycles. The number of hydrogen-bond acceptors (Lipinski definition) is 11. The maximum absolute atomic E-state index is 11.9. The fourth-order valence-corrected chi connectivity index (χ4v) is 4.61. The maximum Gasteiger partial charge on any atom is 0.224 e. The first kappa shape index (κ1) is 36.3. The second-order valence-corrected chi connectivity index (χ2v) is 10.5. The zero-order valence-corrected chi connectivity index (χ0v) is 26.4. The summed E-state index contributed by atoms with van der Waals surface area (Å²) in [7, 11) is 0.